The maximum absolute atomic E-state index is 12.1. The Balaban J connectivity index is 2.07. The van der Waals surface area contributed by atoms with Gasteiger partial charge in [0.15, 0.2) is 5.78 Å². The Morgan fingerprint density at radius 1 is 1.47 bits per heavy atom. The fraction of sp³-hybridized carbons (Fsp3) is 0.462. The van der Waals surface area contributed by atoms with Gasteiger partial charge in [-0.3, -0.25) is 4.79 Å². The Kier molecular flexibility index (Phi) is 3.91. The van der Waals surface area contributed by atoms with Crippen LogP contribution in [0.5, 0.6) is 5.75 Å². The molecule has 1 heterocycles. The minimum absolute atomic E-state index is 0.0754. The summed E-state index contributed by atoms with van der Waals surface area (Å²) in [6.45, 7) is 0.632. The number of hydrogen-bond donors (Lipinski definition) is 1. The molecule has 1 aliphatic rings. The third kappa shape index (κ3) is 3.54. The molecule has 0 saturated heterocycles. The molecule has 2 rings (SSSR count). The lowest BCUT2D eigenvalue weighted by Gasteiger charge is -2.10. The molecule has 6 heteroatoms. The van der Waals surface area contributed by atoms with Crippen molar-refractivity contribution >= 4 is 15.6 Å². The van der Waals surface area contributed by atoms with Crippen LogP contribution in [-0.4, -0.2) is 38.9 Å². The topological polar surface area (TPSA) is 86.5 Å². The molecule has 1 aromatic rings. The predicted octanol–water partition coefficient (Wildman–Crippen LogP) is 0.566. The molecule has 0 bridgehead atoms. The molecule has 0 amide bonds. The maximum Gasteiger partial charge on any atom is 0.179 e. The SMILES string of the molecule is CS(=O)(=O)CCC(N)C(=O)c1ccc2c(c1)CCO2. The molecule has 0 fully saturated rings. The van der Waals surface area contributed by atoms with E-state index in [1.807, 2.05) is 0 Å². The van der Waals surface area contributed by atoms with E-state index in [4.69, 9.17) is 10.5 Å². The summed E-state index contributed by atoms with van der Waals surface area (Å²) in [6.07, 6.45) is 2.07. The van der Waals surface area contributed by atoms with Gasteiger partial charge in [0.2, 0.25) is 0 Å². The molecule has 1 aliphatic heterocycles. The lowest BCUT2D eigenvalue weighted by Crippen LogP contribution is -2.32. The number of carbonyl (C=O) groups is 1. The van der Waals surface area contributed by atoms with Crippen molar-refractivity contribution in [2.24, 2.45) is 5.73 Å². The van der Waals surface area contributed by atoms with Crippen LogP contribution in [-0.2, 0) is 16.3 Å². The number of fused-ring (bicyclic) bond motifs is 1. The van der Waals surface area contributed by atoms with E-state index in [0.717, 1.165) is 24.0 Å². The number of benzene rings is 1. The molecule has 0 saturated carbocycles. The average molecular weight is 283 g/mol. The van der Waals surface area contributed by atoms with Crippen molar-refractivity contribution in [2.45, 2.75) is 18.9 Å². The van der Waals surface area contributed by atoms with Crippen LogP contribution in [0.2, 0.25) is 0 Å². The first-order chi connectivity index (χ1) is 8.87. The first kappa shape index (κ1) is 14.0. The molecule has 1 unspecified atom stereocenters. The molecule has 1 aromatic carbocycles. The number of carbonyl (C=O) groups excluding carboxylic acids is 1. The second kappa shape index (κ2) is 5.30. The number of rotatable bonds is 5. The van der Waals surface area contributed by atoms with Gasteiger partial charge in [-0.05, 0) is 30.2 Å². The third-order valence-corrected chi connectivity index (χ3v) is 4.09. The maximum atomic E-state index is 12.1. The molecule has 0 aromatic heterocycles. The highest BCUT2D eigenvalue weighted by Crippen LogP contribution is 2.26. The second-order valence-corrected chi connectivity index (χ2v) is 7.07. The van der Waals surface area contributed by atoms with E-state index in [-0.39, 0.29) is 18.0 Å². The molecule has 5 nitrogen and oxygen atoms in total. The highest BCUT2D eigenvalue weighted by molar-refractivity contribution is 7.90. The van der Waals surface area contributed by atoms with E-state index >= 15 is 0 Å². The van der Waals surface area contributed by atoms with Crippen LogP contribution in [0, 0.1) is 0 Å². The summed E-state index contributed by atoms with van der Waals surface area (Å²) >= 11 is 0. The first-order valence-corrected chi connectivity index (χ1v) is 8.16. The second-order valence-electron chi connectivity index (χ2n) is 4.81. The van der Waals surface area contributed by atoms with Gasteiger partial charge in [-0.15, -0.1) is 0 Å². The highest BCUT2D eigenvalue weighted by atomic mass is 32.2. The number of ketones is 1. The van der Waals surface area contributed by atoms with Crippen LogP contribution in [0.25, 0.3) is 0 Å². The Bertz CT molecular complexity index is 595. The summed E-state index contributed by atoms with van der Waals surface area (Å²) in [6, 6.07) is 4.44. The van der Waals surface area contributed by atoms with Gasteiger partial charge >= 0.3 is 0 Å². The molecule has 0 spiro atoms. The van der Waals surface area contributed by atoms with Crippen LogP contribution in [0.3, 0.4) is 0 Å². The van der Waals surface area contributed by atoms with E-state index in [0.29, 0.717) is 12.2 Å². The summed E-state index contributed by atoms with van der Waals surface area (Å²) < 4.78 is 27.5. The Morgan fingerprint density at radius 2 is 2.21 bits per heavy atom. The van der Waals surface area contributed by atoms with Gasteiger partial charge in [0, 0.05) is 18.2 Å². The third-order valence-electron chi connectivity index (χ3n) is 3.11. The Morgan fingerprint density at radius 3 is 2.89 bits per heavy atom. The van der Waals surface area contributed by atoms with Crippen LogP contribution >= 0.6 is 0 Å². The minimum Gasteiger partial charge on any atom is -0.493 e. The van der Waals surface area contributed by atoms with Crippen molar-refractivity contribution in [3.05, 3.63) is 29.3 Å². The lowest BCUT2D eigenvalue weighted by atomic mass is 10.00. The number of ether oxygens (including phenoxy) is 1. The Labute approximate surface area is 112 Å². The van der Waals surface area contributed by atoms with Gasteiger partial charge < -0.3 is 10.5 Å². The van der Waals surface area contributed by atoms with Crippen LogP contribution in [0.1, 0.15) is 22.3 Å². The molecule has 19 heavy (non-hydrogen) atoms. The smallest absolute Gasteiger partial charge is 0.179 e. The lowest BCUT2D eigenvalue weighted by molar-refractivity contribution is 0.0959. The normalized spacial score (nSPS) is 15.7. The van der Waals surface area contributed by atoms with Crippen molar-refractivity contribution in [2.75, 3.05) is 18.6 Å². The fourth-order valence-corrected chi connectivity index (χ4v) is 2.71. The van der Waals surface area contributed by atoms with Gasteiger partial charge in [-0.2, -0.15) is 0 Å². The van der Waals surface area contributed by atoms with Crippen LogP contribution < -0.4 is 10.5 Å². The van der Waals surface area contributed by atoms with Gasteiger partial charge in [-0.1, -0.05) is 0 Å². The van der Waals surface area contributed by atoms with Crippen LogP contribution in [0.15, 0.2) is 18.2 Å². The van der Waals surface area contributed by atoms with Crippen LogP contribution in [0.4, 0.5) is 0 Å². The summed E-state index contributed by atoms with van der Waals surface area (Å²) in [4.78, 5) is 12.1. The molecule has 0 aliphatic carbocycles. The Hall–Kier alpha value is -1.40. The van der Waals surface area contributed by atoms with Gasteiger partial charge in [0.05, 0.1) is 18.4 Å². The average Bonchev–Trinajstić information content (AvgIpc) is 2.81. The number of sulfone groups is 1. The zero-order valence-corrected chi connectivity index (χ0v) is 11.6. The summed E-state index contributed by atoms with van der Waals surface area (Å²) in [5, 5.41) is 0. The first-order valence-electron chi connectivity index (χ1n) is 6.10. The van der Waals surface area contributed by atoms with Gasteiger partial charge in [0.1, 0.15) is 15.6 Å². The summed E-state index contributed by atoms with van der Waals surface area (Å²) in [5.74, 6) is 0.508. The zero-order valence-electron chi connectivity index (χ0n) is 10.8. The molecular formula is C13H17NO4S. The molecule has 2 N–H and O–H groups in total. The quantitative estimate of drug-likeness (QED) is 0.798. The van der Waals surface area contributed by atoms with Crippen molar-refractivity contribution in [3.8, 4) is 5.75 Å². The van der Waals surface area contributed by atoms with Crippen molar-refractivity contribution in [1.29, 1.82) is 0 Å². The van der Waals surface area contributed by atoms with Crippen molar-refractivity contribution < 1.29 is 17.9 Å². The van der Waals surface area contributed by atoms with E-state index < -0.39 is 15.9 Å². The predicted molar refractivity (Wildman–Crippen MR) is 72.3 cm³/mol. The number of hydrogen-bond acceptors (Lipinski definition) is 5. The summed E-state index contributed by atoms with van der Waals surface area (Å²) in [7, 11) is -3.10. The molecule has 0 radical (unpaired) electrons. The van der Waals surface area contributed by atoms with Gasteiger partial charge in [-0.25, -0.2) is 8.42 Å². The summed E-state index contributed by atoms with van der Waals surface area (Å²) in [5.41, 5.74) is 7.28. The monoisotopic (exact) mass is 283 g/mol. The van der Waals surface area contributed by atoms with E-state index in [1.165, 1.54) is 0 Å². The van der Waals surface area contributed by atoms with Crippen molar-refractivity contribution in [1.82, 2.24) is 0 Å². The van der Waals surface area contributed by atoms with Gasteiger partial charge in [0.25, 0.3) is 0 Å². The van der Waals surface area contributed by atoms with Crippen molar-refractivity contribution in [3.63, 3.8) is 0 Å². The minimum atomic E-state index is -3.10. The fourth-order valence-electron chi connectivity index (χ4n) is 2.03. The highest BCUT2D eigenvalue weighted by Gasteiger charge is 2.20. The largest absolute Gasteiger partial charge is 0.493 e. The zero-order chi connectivity index (χ0) is 14.0. The molecular weight excluding hydrogens is 266 g/mol. The van der Waals surface area contributed by atoms with E-state index in [1.54, 1.807) is 18.2 Å². The molecule has 1 atom stereocenters. The number of Topliss-reactive ketones (excluding diaryl/α,β-unsaturated/α-hetero) is 1. The van der Waals surface area contributed by atoms with E-state index in [2.05, 4.69) is 0 Å². The number of nitrogens with two attached hydrogens (primary N) is 1. The van der Waals surface area contributed by atoms with E-state index in [9.17, 15) is 13.2 Å². The molecule has 104 valence electrons. The standard InChI is InChI=1S/C13H17NO4S/c1-19(16,17)7-5-11(14)13(15)10-2-3-12-9(8-10)4-6-18-12/h2-3,8,11H,4-7,14H2,1H3.